The van der Waals surface area contributed by atoms with Gasteiger partial charge in [-0.2, -0.15) is 0 Å². The summed E-state index contributed by atoms with van der Waals surface area (Å²) in [4.78, 5) is 11.6. The van der Waals surface area contributed by atoms with Gasteiger partial charge in [0.2, 0.25) is 0 Å². The second-order valence-corrected chi connectivity index (χ2v) is 10.5. The number of carbonyl (C=O) groups is 1. The summed E-state index contributed by atoms with van der Waals surface area (Å²) in [7, 11) is 0. The predicted octanol–water partition coefficient (Wildman–Crippen LogP) is 5.79. The molecule has 4 aromatic carbocycles. The smallest absolute Gasteiger partial charge is 0.329 e. The quantitative estimate of drug-likeness (QED) is 0.173. The van der Waals surface area contributed by atoms with Gasteiger partial charge in [-0.15, -0.1) is 0 Å². The highest BCUT2D eigenvalue weighted by molar-refractivity contribution is 5.68. The van der Waals surface area contributed by atoms with Gasteiger partial charge in [-0.3, -0.25) is 0 Å². The fraction of sp³-hybridized carbons (Fsp3) is 0.306. The minimum Gasteiger partial charge on any atom is -0.480 e. The van der Waals surface area contributed by atoms with Crippen LogP contribution in [0.15, 0.2) is 121 Å². The topological polar surface area (TPSA) is 92.7 Å². The van der Waals surface area contributed by atoms with Crippen LogP contribution >= 0.6 is 0 Å². The molecule has 5 unspecified atom stereocenters. The highest BCUT2D eigenvalue weighted by atomic mass is 16.7. The summed E-state index contributed by atoms with van der Waals surface area (Å²) in [5.41, 5.74) is 3.93. The van der Waals surface area contributed by atoms with Crippen LogP contribution in [0.1, 0.15) is 22.3 Å². The van der Waals surface area contributed by atoms with Crippen molar-refractivity contribution in [2.24, 2.45) is 0 Å². The molecular formula is C36H38O8. The maximum atomic E-state index is 11.6. The summed E-state index contributed by atoms with van der Waals surface area (Å²) in [5.74, 6) is -1.11. The average Bonchev–Trinajstić information content (AvgIpc) is 3.07. The maximum Gasteiger partial charge on any atom is 0.329 e. The van der Waals surface area contributed by atoms with E-state index in [1.165, 1.54) is 0 Å². The molecule has 1 aliphatic heterocycles. The molecule has 8 heteroatoms. The van der Waals surface area contributed by atoms with Crippen molar-refractivity contribution < 1.29 is 38.3 Å². The first-order valence-corrected chi connectivity index (χ1v) is 14.7. The third kappa shape index (κ3) is 9.56. The van der Waals surface area contributed by atoms with Crippen molar-refractivity contribution in [2.45, 2.75) is 57.1 Å². The van der Waals surface area contributed by atoms with Gasteiger partial charge in [0.1, 0.15) is 31.0 Å². The normalized spacial score (nSPS) is 21.6. The summed E-state index contributed by atoms with van der Waals surface area (Å²) in [6.45, 7) is 0.808. The third-order valence-electron chi connectivity index (χ3n) is 7.21. The minimum atomic E-state index is -1.11. The molecule has 230 valence electrons. The summed E-state index contributed by atoms with van der Waals surface area (Å²) < 4.78 is 37.9. The lowest BCUT2D eigenvalue weighted by Gasteiger charge is -2.45. The Morgan fingerprint density at radius 1 is 0.545 bits per heavy atom. The summed E-state index contributed by atoms with van der Waals surface area (Å²) in [5, 5.41) is 9.45. The molecule has 1 heterocycles. The molecule has 0 aliphatic carbocycles. The number of carboxylic acids is 1. The Morgan fingerprint density at radius 2 is 0.955 bits per heavy atom. The number of hydrogen-bond donors (Lipinski definition) is 1. The van der Waals surface area contributed by atoms with Crippen molar-refractivity contribution in [3.8, 4) is 0 Å². The molecule has 0 spiro atoms. The van der Waals surface area contributed by atoms with Gasteiger partial charge in [0.15, 0.2) is 6.29 Å². The fourth-order valence-corrected chi connectivity index (χ4v) is 5.03. The first-order valence-electron chi connectivity index (χ1n) is 14.7. The Kier molecular flexibility index (Phi) is 12.1. The number of rotatable bonds is 16. The molecule has 1 aliphatic rings. The second kappa shape index (κ2) is 16.8. The molecule has 0 radical (unpaired) electrons. The van der Waals surface area contributed by atoms with Gasteiger partial charge in [0, 0.05) is 0 Å². The number of benzene rings is 4. The standard InChI is InChI=1S/C36H38O8/c37-32(38)26-43-36-35(42-24-30-19-11-4-12-20-30)34(41-23-29-17-9-3-10-18-29)33(40-22-28-15-7-2-8-16-28)31(44-36)25-39-21-27-13-5-1-6-14-27/h1-20,31,33-36H,21-26H2,(H,37,38). The van der Waals surface area contributed by atoms with Crippen molar-refractivity contribution in [1.29, 1.82) is 0 Å². The SMILES string of the molecule is O=C(O)COC1OC(COCc2ccccc2)C(OCc2ccccc2)C(OCc2ccccc2)C1OCc1ccccc1. The molecule has 8 nitrogen and oxygen atoms in total. The van der Waals surface area contributed by atoms with E-state index < -0.39 is 43.3 Å². The number of ether oxygens (including phenoxy) is 6. The first kappa shape index (κ1) is 31.5. The van der Waals surface area contributed by atoms with E-state index in [0.29, 0.717) is 13.2 Å². The van der Waals surface area contributed by atoms with Crippen LogP contribution in [-0.4, -0.2) is 55.0 Å². The Hall–Kier alpha value is -3.89. The Morgan fingerprint density at radius 3 is 1.41 bits per heavy atom. The Balaban J connectivity index is 1.42. The third-order valence-corrected chi connectivity index (χ3v) is 7.21. The van der Waals surface area contributed by atoms with E-state index >= 15 is 0 Å². The van der Waals surface area contributed by atoms with Crippen LogP contribution in [0.25, 0.3) is 0 Å². The minimum absolute atomic E-state index is 0.165. The largest absolute Gasteiger partial charge is 0.480 e. The molecule has 0 bridgehead atoms. The molecule has 4 aromatic rings. The lowest BCUT2D eigenvalue weighted by molar-refractivity contribution is -0.327. The van der Waals surface area contributed by atoms with E-state index in [4.69, 9.17) is 28.4 Å². The lowest BCUT2D eigenvalue weighted by atomic mass is 9.97. The number of hydrogen-bond acceptors (Lipinski definition) is 7. The maximum absolute atomic E-state index is 11.6. The van der Waals surface area contributed by atoms with Crippen LogP contribution in [0.5, 0.6) is 0 Å². The molecule has 0 aromatic heterocycles. The first-order chi connectivity index (χ1) is 21.7. The monoisotopic (exact) mass is 598 g/mol. The van der Waals surface area contributed by atoms with Crippen molar-refractivity contribution in [2.75, 3.05) is 13.2 Å². The molecule has 44 heavy (non-hydrogen) atoms. The number of carboxylic acid groups (broad SMARTS) is 1. The van der Waals surface area contributed by atoms with E-state index in [1.807, 2.05) is 121 Å². The lowest BCUT2D eigenvalue weighted by Crippen LogP contribution is -2.62. The molecule has 0 amide bonds. The van der Waals surface area contributed by atoms with Crippen molar-refractivity contribution in [3.63, 3.8) is 0 Å². The van der Waals surface area contributed by atoms with Crippen LogP contribution < -0.4 is 0 Å². The van der Waals surface area contributed by atoms with Crippen molar-refractivity contribution in [3.05, 3.63) is 144 Å². The van der Waals surface area contributed by atoms with Crippen molar-refractivity contribution in [1.82, 2.24) is 0 Å². The summed E-state index contributed by atoms with van der Waals surface area (Å²) in [6, 6.07) is 39.3. The molecule has 1 saturated heterocycles. The van der Waals surface area contributed by atoms with Crippen LogP contribution in [0.4, 0.5) is 0 Å². The van der Waals surface area contributed by atoms with E-state index in [1.54, 1.807) is 0 Å². The van der Waals surface area contributed by atoms with Gasteiger partial charge in [-0.1, -0.05) is 121 Å². The van der Waals surface area contributed by atoms with Crippen LogP contribution in [0.3, 0.4) is 0 Å². The highest BCUT2D eigenvalue weighted by Gasteiger charge is 2.49. The molecular weight excluding hydrogens is 560 g/mol. The van der Waals surface area contributed by atoms with E-state index in [-0.39, 0.29) is 19.8 Å². The molecule has 5 rings (SSSR count). The Labute approximate surface area is 258 Å². The molecule has 1 N–H and O–H groups in total. The van der Waals surface area contributed by atoms with Gasteiger partial charge in [-0.25, -0.2) is 4.79 Å². The van der Waals surface area contributed by atoms with E-state index in [0.717, 1.165) is 22.3 Å². The zero-order chi connectivity index (χ0) is 30.4. The fourth-order valence-electron chi connectivity index (χ4n) is 5.03. The summed E-state index contributed by atoms with van der Waals surface area (Å²) in [6.07, 6.45) is -3.79. The zero-order valence-corrected chi connectivity index (χ0v) is 24.5. The van der Waals surface area contributed by atoms with Gasteiger partial charge >= 0.3 is 5.97 Å². The average molecular weight is 599 g/mol. The van der Waals surface area contributed by atoms with Gasteiger partial charge in [0.25, 0.3) is 0 Å². The van der Waals surface area contributed by atoms with Crippen LogP contribution in [0, 0.1) is 0 Å². The van der Waals surface area contributed by atoms with Gasteiger partial charge < -0.3 is 33.5 Å². The molecule has 5 atom stereocenters. The van der Waals surface area contributed by atoms with Crippen molar-refractivity contribution >= 4 is 5.97 Å². The van der Waals surface area contributed by atoms with E-state index in [9.17, 15) is 9.90 Å². The molecule has 1 fully saturated rings. The van der Waals surface area contributed by atoms with Gasteiger partial charge in [-0.05, 0) is 22.3 Å². The van der Waals surface area contributed by atoms with Crippen LogP contribution in [-0.2, 0) is 59.6 Å². The number of aliphatic carboxylic acids is 1. The summed E-state index contributed by atoms with van der Waals surface area (Å²) >= 11 is 0. The predicted molar refractivity (Wildman–Crippen MR) is 163 cm³/mol. The Bertz CT molecular complexity index is 1370. The zero-order valence-electron chi connectivity index (χ0n) is 24.5. The van der Waals surface area contributed by atoms with E-state index in [2.05, 4.69) is 0 Å². The van der Waals surface area contributed by atoms with Gasteiger partial charge in [0.05, 0.1) is 33.0 Å². The van der Waals surface area contributed by atoms with Crippen LogP contribution in [0.2, 0.25) is 0 Å². The highest BCUT2D eigenvalue weighted by Crippen LogP contribution is 2.31. The second-order valence-electron chi connectivity index (χ2n) is 10.5. The molecule has 0 saturated carbocycles.